The van der Waals surface area contributed by atoms with E-state index in [1.165, 1.54) is 6.07 Å². The molecule has 20 heavy (non-hydrogen) atoms. The Balaban J connectivity index is 1.68. The van der Waals surface area contributed by atoms with E-state index in [1.54, 1.807) is 23.9 Å². The zero-order chi connectivity index (χ0) is 13.9. The highest BCUT2D eigenvalue weighted by Gasteiger charge is 2.23. The van der Waals surface area contributed by atoms with Crippen molar-refractivity contribution in [2.75, 3.05) is 34.9 Å². The highest BCUT2D eigenvalue weighted by atomic mass is 32.2. The van der Waals surface area contributed by atoms with Crippen molar-refractivity contribution in [3.63, 3.8) is 0 Å². The summed E-state index contributed by atoms with van der Waals surface area (Å²) in [6, 6.07) is 4.76. The maximum Gasteiger partial charge on any atom is 0.242 e. The topological polar surface area (TPSA) is 44.4 Å². The third kappa shape index (κ3) is 2.91. The summed E-state index contributed by atoms with van der Waals surface area (Å²) in [5, 5.41) is 5.87. The van der Waals surface area contributed by atoms with Gasteiger partial charge in [-0.1, -0.05) is 0 Å². The molecule has 1 aromatic carbocycles. The maximum atomic E-state index is 14.1. The predicted octanol–water partition coefficient (Wildman–Crippen LogP) is 2.03. The van der Waals surface area contributed by atoms with Crippen molar-refractivity contribution >= 4 is 29.0 Å². The Morgan fingerprint density at radius 3 is 2.85 bits per heavy atom. The van der Waals surface area contributed by atoms with E-state index in [4.69, 9.17) is 0 Å². The molecular weight excluding hydrogens is 277 g/mol. The normalized spacial score (nSPS) is 22.2. The number of hydrogen-bond acceptors (Lipinski definition) is 4. The number of nitrogens with one attached hydrogen (secondary N) is 2. The second kappa shape index (κ2) is 6.01. The summed E-state index contributed by atoms with van der Waals surface area (Å²) >= 11 is 1.69. The Labute approximate surface area is 122 Å². The number of hydrogen-bond donors (Lipinski definition) is 2. The SMILES string of the molecule is O=C(Nc1ccc(N2CCCC2)c(F)c1)C1CSCN1. The van der Waals surface area contributed by atoms with E-state index in [2.05, 4.69) is 15.5 Å². The minimum Gasteiger partial charge on any atom is -0.369 e. The average molecular weight is 295 g/mol. The number of amides is 1. The van der Waals surface area contributed by atoms with Gasteiger partial charge in [-0.05, 0) is 31.0 Å². The lowest BCUT2D eigenvalue weighted by Crippen LogP contribution is -2.37. The quantitative estimate of drug-likeness (QED) is 0.895. The second-order valence-electron chi connectivity index (χ2n) is 5.12. The molecule has 0 spiro atoms. The molecular formula is C14H18FN3OS. The number of halogens is 1. The number of rotatable bonds is 3. The Morgan fingerprint density at radius 2 is 2.20 bits per heavy atom. The summed E-state index contributed by atoms with van der Waals surface area (Å²) in [5.74, 6) is 1.20. The molecule has 2 N–H and O–H groups in total. The molecule has 6 heteroatoms. The first-order chi connectivity index (χ1) is 9.74. The first-order valence-corrected chi connectivity index (χ1v) is 8.06. The molecule has 1 aromatic rings. The molecule has 0 saturated carbocycles. The Bertz CT molecular complexity index is 499. The van der Waals surface area contributed by atoms with E-state index in [1.807, 2.05) is 0 Å². The van der Waals surface area contributed by atoms with Gasteiger partial charge in [-0.15, -0.1) is 11.8 Å². The number of anilines is 2. The van der Waals surface area contributed by atoms with Gasteiger partial charge in [0.15, 0.2) is 0 Å². The average Bonchev–Trinajstić information content (AvgIpc) is 3.12. The van der Waals surface area contributed by atoms with E-state index >= 15 is 0 Å². The van der Waals surface area contributed by atoms with Gasteiger partial charge in [-0.3, -0.25) is 10.1 Å². The van der Waals surface area contributed by atoms with Crippen molar-refractivity contribution < 1.29 is 9.18 Å². The monoisotopic (exact) mass is 295 g/mol. The van der Waals surface area contributed by atoms with Crippen LogP contribution in [0.2, 0.25) is 0 Å². The third-order valence-electron chi connectivity index (χ3n) is 3.69. The van der Waals surface area contributed by atoms with Gasteiger partial charge in [0.2, 0.25) is 5.91 Å². The number of benzene rings is 1. The van der Waals surface area contributed by atoms with Crippen molar-refractivity contribution in [2.24, 2.45) is 0 Å². The number of thioether (sulfide) groups is 1. The lowest BCUT2D eigenvalue weighted by molar-refractivity contribution is -0.117. The van der Waals surface area contributed by atoms with Crippen LogP contribution < -0.4 is 15.5 Å². The van der Waals surface area contributed by atoms with E-state index in [9.17, 15) is 9.18 Å². The summed E-state index contributed by atoms with van der Waals surface area (Å²) in [6.45, 7) is 1.82. The van der Waals surface area contributed by atoms with Crippen LogP contribution in [-0.2, 0) is 4.79 Å². The van der Waals surface area contributed by atoms with E-state index in [0.717, 1.165) is 37.6 Å². The van der Waals surface area contributed by atoms with Gasteiger partial charge >= 0.3 is 0 Å². The lowest BCUT2D eigenvalue weighted by Gasteiger charge is -2.19. The van der Waals surface area contributed by atoms with Crippen molar-refractivity contribution in [3.8, 4) is 0 Å². The summed E-state index contributed by atoms with van der Waals surface area (Å²) in [4.78, 5) is 14.0. The fourth-order valence-electron chi connectivity index (χ4n) is 2.59. The standard InChI is InChI=1S/C14H18FN3OS/c15-11-7-10(17-14(19)12-8-20-9-16-12)3-4-13(11)18-5-1-2-6-18/h3-4,7,12,16H,1-2,5-6,8-9H2,(H,17,19). The zero-order valence-electron chi connectivity index (χ0n) is 11.2. The molecule has 1 unspecified atom stereocenters. The van der Waals surface area contributed by atoms with Crippen LogP contribution >= 0.6 is 11.8 Å². The molecule has 2 fully saturated rings. The van der Waals surface area contributed by atoms with Gasteiger partial charge in [-0.2, -0.15) is 0 Å². The van der Waals surface area contributed by atoms with Gasteiger partial charge in [0.1, 0.15) is 5.82 Å². The molecule has 2 saturated heterocycles. The van der Waals surface area contributed by atoms with Crippen molar-refractivity contribution in [1.29, 1.82) is 0 Å². The highest BCUT2D eigenvalue weighted by molar-refractivity contribution is 7.99. The molecule has 3 rings (SSSR count). The minimum absolute atomic E-state index is 0.0941. The predicted molar refractivity (Wildman–Crippen MR) is 80.7 cm³/mol. The number of carbonyl (C=O) groups is 1. The van der Waals surface area contributed by atoms with Gasteiger partial charge in [0.05, 0.1) is 11.7 Å². The molecule has 0 bridgehead atoms. The second-order valence-corrected chi connectivity index (χ2v) is 6.15. The van der Waals surface area contributed by atoms with Crippen LogP contribution in [0.4, 0.5) is 15.8 Å². The van der Waals surface area contributed by atoms with E-state index in [0.29, 0.717) is 11.4 Å². The van der Waals surface area contributed by atoms with Crippen LogP contribution in [0.25, 0.3) is 0 Å². The van der Waals surface area contributed by atoms with E-state index < -0.39 is 0 Å². The van der Waals surface area contributed by atoms with Crippen LogP contribution in [0.5, 0.6) is 0 Å². The molecule has 0 aromatic heterocycles. The van der Waals surface area contributed by atoms with Gasteiger partial charge < -0.3 is 10.2 Å². The summed E-state index contributed by atoms with van der Waals surface area (Å²) in [7, 11) is 0. The molecule has 4 nitrogen and oxygen atoms in total. The first-order valence-electron chi connectivity index (χ1n) is 6.90. The van der Waals surface area contributed by atoms with Gasteiger partial charge in [0, 0.05) is 30.4 Å². The Morgan fingerprint density at radius 1 is 1.40 bits per heavy atom. The van der Waals surface area contributed by atoms with Crippen LogP contribution in [0, 0.1) is 5.82 Å². The molecule has 2 aliphatic heterocycles. The van der Waals surface area contributed by atoms with Crippen LogP contribution in [0.1, 0.15) is 12.8 Å². The zero-order valence-corrected chi connectivity index (χ0v) is 12.0. The molecule has 1 amide bonds. The molecule has 0 radical (unpaired) electrons. The van der Waals surface area contributed by atoms with Crippen LogP contribution in [0.15, 0.2) is 18.2 Å². The highest BCUT2D eigenvalue weighted by Crippen LogP contribution is 2.26. The van der Waals surface area contributed by atoms with Crippen molar-refractivity contribution in [2.45, 2.75) is 18.9 Å². The molecule has 2 aliphatic rings. The lowest BCUT2D eigenvalue weighted by atomic mass is 10.2. The fourth-order valence-corrected chi connectivity index (χ4v) is 3.53. The molecule has 2 heterocycles. The van der Waals surface area contributed by atoms with Crippen molar-refractivity contribution in [1.82, 2.24) is 5.32 Å². The van der Waals surface area contributed by atoms with E-state index in [-0.39, 0.29) is 17.8 Å². The third-order valence-corrected chi connectivity index (χ3v) is 4.63. The Kier molecular flexibility index (Phi) is 4.12. The Hall–Kier alpha value is -1.27. The maximum absolute atomic E-state index is 14.1. The largest absolute Gasteiger partial charge is 0.369 e. The first kappa shape index (κ1) is 13.7. The van der Waals surface area contributed by atoms with Crippen LogP contribution in [-0.4, -0.2) is 36.7 Å². The smallest absolute Gasteiger partial charge is 0.242 e. The summed E-state index contributed by atoms with van der Waals surface area (Å²) in [6.07, 6.45) is 2.23. The van der Waals surface area contributed by atoms with Crippen LogP contribution in [0.3, 0.4) is 0 Å². The molecule has 108 valence electrons. The fraction of sp³-hybridized carbons (Fsp3) is 0.500. The number of carbonyl (C=O) groups excluding carboxylic acids is 1. The minimum atomic E-state index is -0.265. The number of nitrogens with zero attached hydrogens (tertiary/aromatic N) is 1. The molecule has 1 atom stereocenters. The summed E-state index contributed by atoms with van der Waals surface area (Å²) in [5.41, 5.74) is 1.16. The van der Waals surface area contributed by atoms with Gasteiger partial charge in [0.25, 0.3) is 0 Å². The summed E-state index contributed by atoms with van der Waals surface area (Å²) < 4.78 is 14.1. The van der Waals surface area contributed by atoms with Crippen molar-refractivity contribution in [3.05, 3.63) is 24.0 Å². The van der Waals surface area contributed by atoms with Gasteiger partial charge in [-0.25, -0.2) is 4.39 Å². The molecule has 0 aliphatic carbocycles.